The van der Waals surface area contributed by atoms with Gasteiger partial charge in [-0.3, -0.25) is 19.3 Å². The molecule has 0 bridgehead atoms. The summed E-state index contributed by atoms with van der Waals surface area (Å²) in [5, 5.41) is 18.3. The van der Waals surface area contributed by atoms with Gasteiger partial charge in [0.1, 0.15) is 28.7 Å². The van der Waals surface area contributed by atoms with Crippen LogP contribution in [0.5, 0.6) is 0 Å². The van der Waals surface area contributed by atoms with Crippen LogP contribution >= 0.6 is 23.1 Å². The summed E-state index contributed by atoms with van der Waals surface area (Å²) in [6.07, 6.45) is 0. The number of rotatable bonds is 10. The van der Waals surface area contributed by atoms with Gasteiger partial charge in [-0.2, -0.15) is 0 Å². The number of carbonyl (C=O) groups excluding carboxylic acids is 4. The van der Waals surface area contributed by atoms with Crippen molar-refractivity contribution in [1.29, 1.82) is 0 Å². The number of amides is 2. The smallest absolute Gasteiger partial charge is 0.357 e. The third-order valence-corrected chi connectivity index (χ3v) is 8.62. The zero-order valence-electron chi connectivity index (χ0n) is 21.3. The average Bonchev–Trinajstić information content (AvgIpc) is 3.30. The molecule has 1 aromatic rings. The minimum absolute atomic E-state index is 0.0183. The molecule has 17 nitrogen and oxygen atoms in total. The summed E-state index contributed by atoms with van der Waals surface area (Å²) in [6.45, 7) is 3.95. The summed E-state index contributed by atoms with van der Waals surface area (Å²) >= 11 is 2.04. The Bertz CT molecular complexity index is 1440. The number of fused-ring (bicyclic) bond motifs is 1. The van der Waals surface area contributed by atoms with Crippen molar-refractivity contribution >= 4 is 67.5 Å². The first kappa shape index (κ1) is 30.7. The van der Waals surface area contributed by atoms with E-state index in [4.69, 9.17) is 20.7 Å². The minimum atomic E-state index is -4.03. The van der Waals surface area contributed by atoms with Gasteiger partial charge in [-0.1, -0.05) is 10.3 Å². The predicted molar refractivity (Wildman–Crippen MR) is 141 cm³/mol. The summed E-state index contributed by atoms with van der Waals surface area (Å²) in [7, 11) is -4.03. The van der Waals surface area contributed by atoms with Gasteiger partial charge in [-0.05, 0) is 31.9 Å². The lowest BCUT2D eigenvalue weighted by molar-refractivity contribution is -0.173. The molecule has 0 aromatic carbocycles. The zero-order chi connectivity index (χ0) is 29.8. The number of nitrogen functional groups attached to an aromatic ring is 1. The highest BCUT2D eigenvalue weighted by Gasteiger charge is 2.55. The number of carbonyl (C=O) groups is 4. The van der Waals surface area contributed by atoms with E-state index in [1.54, 1.807) is 20.8 Å². The number of nitrogens with two attached hydrogens (primary N) is 1. The number of azide groups is 1. The molecule has 40 heavy (non-hydrogen) atoms. The number of nitrogens with zero attached hydrogens (tertiary/aromatic N) is 6. The largest absolute Gasteiger partial charge is 0.427 e. The Labute approximate surface area is 235 Å². The number of ether oxygens (including phenoxy) is 2. The maximum atomic E-state index is 13.1. The van der Waals surface area contributed by atoms with E-state index >= 15 is 0 Å². The van der Waals surface area contributed by atoms with Gasteiger partial charge in [0.2, 0.25) is 6.79 Å². The molecule has 2 amide bonds. The fourth-order valence-corrected chi connectivity index (χ4v) is 6.56. The van der Waals surface area contributed by atoms with Crippen molar-refractivity contribution in [2.45, 2.75) is 32.2 Å². The number of esters is 2. The van der Waals surface area contributed by atoms with Crippen LogP contribution in [0.25, 0.3) is 10.4 Å². The molecule has 2 aliphatic heterocycles. The third-order valence-electron chi connectivity index (χ3n) is 5.31. The summed E-state index contributed by atoms with van der Waals surface area (Å²) in [5.41, 5.74) is 12.2. The molecule has 1 saturated heterocycles. The standard InChI is InChI=1S/C20H24N8O9S3/c1-20(2,3)18(32)37-8-36-17(31)13-9(6-40(34,35)7-23-27-22)4-38-16-12(15(30)28(13)16)25-14(29)11(26-33)10-5-39-19(21)24-10/h5,12,16,33H,4,6-8H2,1-3H3,(H2,21,24)(H,25,29)/b26-11-/t12?,16-/m1/s1. The lowest BCUT2D eigenvalue weighted by Gasteiger charge is -2.49. The van der Waals surface area contributed by atoms with Crippen LogP contribution < -0.4 is 11.1 Å². The van der Waals surface area contributed by atoms with Gasteiger partial charge in [-0.15, -0.1) is 23.1 Å². The number of hydrogen-bond acceptors (Lipinski definition) is 15. The molecule has 216 valence electrons. The van der Waals surface area contributed by atoms with E-state index in [-0.39, 0.29) is 22.2 Å². The highest BCUT2D eigenvalue weighted by molar-refractivity contribution is 8.00. The molecular formula is C20H24N8O9S3. The van der Waals surface area contributed by atoms with E-state index in [9.17, 15) is 32.8 Å². The van der Waals surface area contributed by atoms with E-state index in [1.165, 1.54) is 5.38 Å². The van der Waals surface area contributed by atoms with Crippen LogP contribution in [0.4, 0.5) is 5.13 Å². The lowest BCUT2D eigenvalue weighted by Crippen LogP contribution is -2.71. The van der Waals surface area contributed by atoms with E-state index in [2.05, 4.69) is 25.5 Å². The molecule has 4 N–H and O–H groups in total. The van der Waals surface area contributed by atoms with Gasteiger partial charge in [0.05, 0.1) is 11.2 Å². The van der Waals surface area contributed by atoms with E-state index in [0.717, 1.165) is 28.0 Å². The summed E-state index contributed by atoms with van der Waals surface area (Å²) < 4.78 is 34.8. The van der Waals surface area contributed by atoms with Crippen molar-refractivity contribution in [3.63, 3.8) is 0 Å². The fourth-order valence-electron chi connectivity index (χ4n) is 3.45. The molecule has 0 radical (unpaired) electrons. The minimum Gasteiger partial charge on any atom is -0.427 e. The maximum Gasteiger partial charge on any atom is 0.357 e. The van der Waals surface area contributed by atoms with Crippen LogP contribution in [-0.4, -0.2) is 88.6 Å². The first-order chi connectivity index (χ1) is 18.7. The molecule has 20 heteroatoms. The maximum absolute atomic E-state index is 13.1. The predicted octanol–water partition coefficient (Wildman–Crippen LogP) is 0.330. The van der Waals surface area contributed by atoms with Crippen molar-refractivity contribution < 1.29 is 42.3 Å². The first-order valence-electron chi connectivity index (χ1n) is 11.2. The van der Waals surface area contributed by atoms with Crippen LogP contribution in [0, 0.1) is 5.41 Å². The lowest BCUT2D eigenvalue weighted by atomic mass is 9.98. The Morgan fingerprint density at radius 2 is 2.05 bits per heavy atom. The molecule has 1 aromatic heterocycles. The first-order valence-corrected chi connectivity index (χ1v) is 14.9. The molecule has 0 saturated carbocycles. The number of thioether (sulfide) groups is 1. The van der Waals surface area contributed by atoms with Gasteiger partial charge in [0, 0.05) is 16.0 Å². The van der Waals surface area contributed by atoms with Crippen LogP contribution in [0.3, 0.4) is 0 Å². The number of hydrogen-bond donors (Lipinski definition) is 3. The number of aromatic nitrogens is 1. The second kappa shape index (κ2) is 12.1. The van der Waals surface area contributed by atoms with Gasteiger partial charge < -0.3 is 25.7 Å². The second-order valence-electron chi connectivity index (χ2n) is 9.31. The molecule has 3 rings (SSSR count). The Kier molecular flexibility index (Phi) is 9.28. The average molecular weight is 617 g/mol. The summed E-state index contributed by atoms with van der Waals surface area (Å²) in [6, 6.07) is -1.19. The Morgan fingerprint density at radius 3 is 2.62 bits per heavy atom. The Morgan fingerprint density at radius 1 is 1.35 bits per heavy atom. The second-order valence-corrected chi connectivity index (χ2v) is 13.3. The van der Waals surface area contributed by atoms with Crippen molar-refractivity contribution in [1.82, 2.24) is 15.2 Å². The monoisotopic (exact) mass is 616 g/mol. The number of thiazole rings is 1. The van der Waals surface area contributed by atoms with Gasteiger partial charge >= 0.3 is 11.9 Å². The topological polar surface area (TPSA) is 256 Å². The molecule has 2 atom stereocenters. The van der Waals surface area contributed by atoms with Crippen molar-refractivity contribution in [2.75, 3.05) is 29.9 Å². The van der Waals surface area contributed by atoms with Gasteiger partial charge in [0.15, 0.2) is 20.7 Å². The van der Waals surface area contributed by atoms with E-state index in [1.807, 2.05) is 0 Å². The third kappa shape index (κ3) is 6.82. The highest BCUT2D eigenvalue weighted by Crippen LogP contribution is 2.41. The Balaban J connectivity index is 1.83. The quantitative estimate of drug-likeness (QED) is 0.0370. The molecule has 0 aliphatic carbocycles. The van der Waals surface area contributed by atoms with Crippen molar-refractivity contribution in [3.8, 4) is 0 Å². The number of anilines is 1. The van der Waals surface area contributed by atoms with Crippen LogP contribution in [-0.2, 0) is 38.5 Å². The summed E-state index contributed by atoms with van der Waals surface area (Å²) in [4.78, 5) is 58.1. The zero-order valence-corrected chi connectivity index (χ0v) is 23.7. The number of oxime groups is 1. The fraction of sp³-hybridized carbons (Fsp3) is 0.500. The van der Waals surface area contributed by atoms with Crippen LogP contribution in [0.15, 0.2) is 26.9 Å². The normalized spacial score (nSPS) is 19.2. The number of nitrogens with one attached hydrogen (secondary N) is 1. The molecule has 1 unspecified atom stereocenters. The molecule has 1 fully saturated rings. The number of sulfone groups is 1. The number of β-lactam (4-membered cyclic amide) rings is 1. The van der Waals surface area contributed by atoms with E-state index < -0.39 is 80.3 Å². The summed E-state index contributed by atoms with van der Waals surface area (Å²) in [5.74, 6) is -5.24. The van der Waals surface area contributed by atoms with Crippen LogP contribution in [0.2, 0.25) is 0 Å². The van der Waals surface area contributed by atoms with Crippen molar-refractivity contribution in [3.05, 3.63) is 32.8 Å². The molecule has 3 heterocycles. The molecule has 2 aliphatic rings. The van der Waals surface area contributed by atoms with Crippen molar-refractivity contribution in [2.24, 2.45) is 15.7 Å². The van der Waals surface area contributed by atoms with E-state index in [0.29, 0.717) is 0 Å². The van der Waals surface area contributed by atoms with Gasteiger partial charge in [-0.25, -0.2) is 18.2 Å². The van der Waals surface area contributed by atoms with Crippen LogP contribution in [0.1, 0.15) is 26.5 Å². The highest BCUT2D eigenvalue weighted by atomic mass is 32.2. The SMILES string of the molecule is CC(C)(C)C(=O)OCOC(=O)C1=C(CS(=O)(=O)CN=[N+]=[N-])CS[C@@H]2C(NC(=O)/C(=N\O)c3csc(N)n3)C(=O)N12. The van der Waals surface area contributed by atoms with Gasteiger partial charge in [0.25, 0.3) is 11.8 Å². The Hall–Kier alpha value is -3.87. The molecular weight excluding hydrogens is 592 g/mol. The molecule has 0 spiro atoms.